The summed E-state index contributed by atoms with van der Waals surface area (Å²) in [6.07, 6.45) is 0. The van der Waals surface area contributed by atoms with E-state index in [1.165, 1.54) is 23.5 Å². The molecule has 1 amide bonds. The Labute approximate surface area is 179 Å². The highest BCUT2D eigenvalue weighted by Crippen LogP contribution is 2.17. The normalized spacial score (nSPS) is 11.9. The maximum atomic E-state index is 12.5. The molecule has 31 heavy (non-hydrogen) atoms. The molecule has 2 aromatic carbocycles. The third-order valence-corrected chi connectivity index (χ3v) is 7.06. The molecule has 2 N–H and O–H groups in total. The van der Waals surface area contributed by atoms with Gasteiger partial charge in [0.05, 0.1) is 15.8 Å². The number of amides is 1. The number of nitrogens with one attached hydrogen (secondary N) is 2. The molecule has 0 atom stereocenters. The van der Waals surface area contributed by atoms with E-state index in [0.717, 1.165) is 4.57 Å². The molecule has 3 rings (SSSR count). The number of para-hydroxylation sites is 1. The molecule has 0 saturated heterocycles. The third kappa shape index (κ3) is 4.75. The highest BCUT2D eigenvalue weighted by atomic mass is 32.2. The fourth-order valence-electron chi connectivity index (χ4n) is 2.97. The molecule has 0 unspecified atom stereocenters. The predicted octanol–water partition coefficient (Wildman–Crippen LogP) is 1.04. The number of carbonyl (C=O) groups is 1. The molecular weight excluding hydrogens is 420 g/mol. The molecule has 0 aliphatic rings. The molecule has 0 spiro atoms. The highest BCUT2D eigenvalue weighted by Gasteiger charge is 2.22. The Morgan fingerprint density at radius 2 is 1.74 bits per heavy atom. The molecule has 0 aliphatic heterocycles. The molecule has 1 aromatic heterocycles. The molecule has 1 heterocycles. The quantitative estimate of drug-likeness (QED) is 0.564. The Hall–Kier alpha value is -3.24. The van der Waals surface area contributed by atoms with Crippen molar-refractivity contribution in [3.8, 4) is 0 Å². The zero-order valence-corrected chi connectivity index (χ0v) is 18.3. The first kappa shape index (κ1) is 22.4. The van der Waals surface area contributed by atoms with Gasteiger partial charge >= 0.3 is 5.69 Å². The predicted molar refractivity (Wildman–Crippen MR) is 117 cm³/mol. The summed E-state index contributed by atoms with van der Waals surface area (Å²) in [4.78, 5) is 39.7. The average Bonchev–Trinajstić information content (AvgIpc) is 2.74. The second kappa shape index (κ2) is 8.86. The summed E-state index contributed by atoms with van der Waals surface area (Å²) < 4.78 is 27.1. The van der Waals surface area contributed by atoms with Crippen molar-refractivity contribution in [3.63, 3.8) is 0 Å². The van der Waals surface area contributed by atoms with E-state index in [0.29, 0.717) is 16.5 Å². The standard InChI is InChI=1S/C21H24N4O5S/c1-14(2)24(3)31(29,30)16-10-8-15(9-11-16)12-22-19(26)13-25-20(27)17-6-4-5-7-18(17)23-21(25)28/h4-11,14H,12-13H2,1-3H3,(H,22,26)(H,23,28). The van der Waals surface area contributed by atoms with Crippen LogP contribution in [-0.4, -0.2) is 41.3 Å². The summed E-state index contributed by atoms with van der Waals surface area (Å²) in [5.41, 5.74) is -0.118. The minimum atomic E-state index is -3.58. The fraction of sp³-hybridized carbons (Fsp3) is 0.286. The molecule has 0 fully saturated rings. The van der Waals surface area contributed by atoms with Gasteiger partial charge in [0.15, 0.2) is 0 Å². The van der Waals surface area contributed by atoms with Crippen molar-refractivity contribution in [1.29, 1.82) is 0 Å². The van der Waals surface area contributed by atoms with E-state index >= 15 is 0 Å². The van der Waals surface area contributed by atoms with Crippen LogP contribution in [0.2, 0.25) is 0 Å². The van der Waals surface area contributed by atoms with Crippen LogP contribution in [0.3, 0.4) is 0 Å². The van der Waals surface area contributed by atoms with Gasteiger partial charge in [-0.2, -0.15) is 4.31 Å². The average molecular weight is 445 g/mol. The van der Waals surface area contributed by atoms with Crippen LogP contribution in [0, 0.1) is 0 Å². The lowest BCUT2D eigenvalue weighted by molar-refractivity contribution is -0.121. The van der Waals surface area contributed by atoms with Gasteiger partial charge in [0.1, 0.15) is 6.54 Å². The molecule has 3 aromatic rings. The smallest absolute Gasteiger partial charge is 0.329 e. The summed E-state index contributed by atoms with van der Waals surface area (Å²) in [7, 11) is -2.07. The van der Waals surface area contributed by atoms with Gasteiger partial charge < -0.3 is 10.3 Å². The van der Waals surface area contributed by atoms with Crippen molar-refractivity contribution in [2.75, 3.05) is 7.05 Å². The number of H-pyrrole nitrogens is 1. The van der Waals surface area contributed by atoms with E-state index in [2.05, 4.69) is 10.3 Å². The maximum Gasteiger partial charge on any atom is 0.329 e. The SMILES string of the molecule is CC(C)N(C)S(=O)(=O)c1ccc(CNC(=O)Cn2c(=O)[nH]c3ccccc3c2=O)cc1. The van der Waals surface area contributed by atoms with E-state index in [1.54, 1.807) is 50.2 Å². The zero-order chi connectivity index (χ0) is 22.8. The molecule has 0 saturated carbocycles. The van der Waals surface area contributed by atoms with E-state index in [9.17, 15) is 22.8 Å². The van der Waals surface area contributed by atoms with Crippen LogP contribution in [0.25, 0.3) is 10.9 Å². The summed E-state index contributed by atoms with van der Waals surface area (Å²) >= 11 is 0. The van der Waals surface area contributed by atoms with Crippen LogP contribution in [0.5, 0.6) is 0 Å². The van der Waals surface area contributed by atoms with Gasteiger partial charge in [0, 0.05) is 19.6 Å². The number of fused-ring (bicyclic) bond motifs is 1. The van der Waals surface area contributed by atoms with Gasteiger partial charge in [-0.15, -0.1) is 0 Å². The lowest BCUT2D eigenvalue weighted by atomic mass is 10.2. The van der Waals surface area contributed by atoms with Crippen molar-refractivity contribution in [3.05, 3.63) is 74.9 Å². The van der Waals surface area contributed by atoms with Crippen LogP contribution in [-0.2, 0) is 27.9 Å². The topological polar surface area (TPSA) is 121 Å². The van der Waals surface area contributed by atoms with Gasteiger partial charge in [-0.05, 0) is 43.7 Å². The summed E-state index contributed by atoms with van der Waals surface area (Å²) in [6.45, 7) is 3.27. The van der Waals surface area contributed by atoms with Crippen molar-refractivity contribution >= 4 is 26.8 Å². The number of carbonyl (C=O) groups excluding carboxylic acids is 1. The van der Waals surface area contributed by atoms with Gasteiger partial charge in [-0.3, -0.25) is 14.2 Å². The van der Waals surface area contributed by atoms with Gasteiger partial charge in [-0.25, -0.2) is 13.2 Å². The number of hydrogen-bond acceptors (Lipinski definition) is 5. The summed E-state index contributed by atoms with van der Waals surface area (Å²) in [5.74, 6) is -0.515. The number of hydrogen-bond donors (Lipinski definition) is 2. The fourth-order valence-corrected chi connectivity index (χ4v) is 4.33. The number of aromatic amines is 1. The Bertz CT molecular complexity index is 1320. The molecule has 164 valence electrons. The number of sulfonamides is 1. The van der Waals surface area contributed by atoms with Crippen LogP contribution < -0.4 is 16.6 Å². The monoisotopic (exact) mass is 444 g/mol. The maximum absolute atomic E-state index is 12.5. The first-order valence-electron chi connectivity index (χ1n) is 9.67. The van der Waals surface area contributed by atoms with E-state index in [4.69, 9.17) is 0 Å². The van der Waals surface area contributed by atoms with E-state index in [1.807, 2.05) is 0 Å². The Morgan fingerprint density at radius 3 is 2.39 bits per heavy atom. The van der Waals surface area contributed by atoms with Gasteiger partial charge in [0.2, 0.25) is 15.9 Å². The largest absolute Gasteiger partial charge is 0.350 e. The summed E-state index contributed by atoms with van der Waals surface area (Å²) in [5, 5.41) is 2.96. The lowest BCUT2D eigenvalue weighted by Crippen LogP contribution is -2.40. The number of benzene rings is 2. The highest BCUT2D eigenvalue weighted by molar-refractivity contribution is 7.89. The van der Waals surface area contributed by atoms with Crippen molar-refractivity contribution in [2.24, 2.45) is 0 Å². The molecule has 10 heteroatoms. The molecule has 9 nitrogen and oxygen atoms in total. The van der Waals surface area contributed by atoms with Crippen LogP contribution in [0.1, 0.15) is 19.4 Å². The van der Waals surface area contributed by atoms with Crippen LogP contribution >= 0.6 is 0 Å². The molecule has 0 aliphatic carbocycles. The van der Waals surface area contributed by atoms with Crippen molar-refractivity contribution in [2.45, 2.75) is 37.9 Å². The molecular formula is C21H24N4O5S. The summed E-state index contributed by atoms with van der Waals surface area (Å²) in [6, 6.07) is 12.6. The lowest BCUT2D eigenvalue weighted by Gasteiger charge is -2.21. The first-order chi connectivity index (χ1) is 14.6. The van der Waals surface area contributed by atoms with E-state index < -0.39 is 33.7 Å². The number of aromatic nitrogens is 2. The van der Waals surface area contributed by atoms with Gasteiger partial charge in [0.25, 0.3) is 5.56 Å². The minimum Gasteiger partial charge on any atom is -0.350 e. The zero-order valence-electron chi connectivity index (χ0n) is 17.5. The molecule has 0 radical (unpaired) electrons. The van der Waals surface area contributed by atoms with Crippen LogP contribution in [0.15, 0.2) is 63.0 Å². The number of rotatable bonds is 7. The minimum absolute atomic E-state index is 0.124. The van der Waals surface area contributed by atoms with Crippen molar-refractivity contribution in [1.82, 2.24) is 19.2 Å². The molecule has 0 bridgehead atoms. The van der Waals surface area contributed by atoms with Crippen LogP contribution in [0.4, 0.5) is 0 Å². The van der Waals surface area contributed by atoms with E-state index in [-0.39, 0.29) is 17.5 Å². The Balaban J connectivity index is 1.69. The second-order valence-electron chi connectivity index (χ2n) is 7.40. The van der Waals surface area contributed by atoms with Gasteiger partial charge in [-0.1, -0.05) is 24.3 Å². The Kier molecular flexibility index (Phi) is 6.42. The third-order valence-electron chi connectivity index (χ3n) is 5.01. The first-order valence-corrected chi connectivity index (χ1v) is 11.1. The Morgan fingerprint density at radius 1 is 1.10 bits per heavy atom. The second-order valence-corrected chi connectivity index (χ2v) is 9.40. The number of nitrogens with zero attached hydrogens (tertiary/aromatic N) is 2. The van der Waals surface area contributed by atoms with Crippen molar-refractivity contribution < 1.29 is 13.2 Å².